The maximum absolute atomic E-state index is 13.3. The molecule has 1 aliphatic heterocycles. The molecule has 9 nitrogen and oxygen atoms in total. The molecule has 4 aromatic rings. The zero-order valence-corrected chi connectivity index (χ0v) is 20.1. The molecule has 1 aliphatic rings. The molecule has 0 bridgehead atoms. The number of nitrogens with zero attached hydrogens (tertiary/aromatic N) is 6. The van der Waals surface area contributed by atoms with Crippen molar-refractivity contribution in [2.45, 2.75) is 45.9 Å². The Balaban J connectivity index is 1.38. The fourth-order valence-corrected chi connectivity index (χ4v) is 4.55. The number of morpholine rings is 1. The first-order chi connectivity index (χ1) is 16.4. The van der Waals surface area contributed by atoms with Gasteiger partial charge < -0.3 is 14.4 Å². The fourth-order valence-electron chi connectivity index (χ4n) is 4.55. The molecule has 1 fully saturated rings. The average Bonchev–Trinajstić information content (AvgIpc) is 3.22. The van der Waals surface area contributed by atoms with E-state index in [1.807, 2.05) is 57.3 Å². The first-order valence-electron chi connectivity index (χ1n) is 11.7. The maximum Gasteiger partial charge on any atom is 0.261 e. The van der Waals surface area contributed by atoms with Crippen LogP contribution in [0.2, 0.25) is 0 Å². The molecule has 2 atom stereocenters. The topological polar surface area (TPSA) is 86.8 Å². The lowest BCUT2D eigenvalue weighted by atomic mass is 10.1. The molecule has 0 aliphatic carbocycles. The molecule has 34 heavy (non-hydrogen) atoms. The van der Waals surface area contributed by atoms with Gasteiger partial charge >= 0.3 is 0 Å². The van der Waals surface area contributed by atoms with Gasteiger partial charge in [0.1, 0.15) is 17.8 Å². The van der Waals surface area contributed by atoms with E-state index in [2.05, 4.69) is 15.0 Å². The molecule has 3 aromatic heterocycles. The van der Waals surface area contributed by atoms with Crippen LogP contribution in [0.25, 0.3) is 16.6 Å². The maximum atomic E-state index is 13.3. The Morgan fingerprint density at radius 3 is 2.88 bits per heavy atom. The van der Waals surface area contributed by atoms with Crippen LogP contribution in [0.3, 0.4) is 0 Å². The molecule has 0 unspecified atom stereocenters. The van der Waals surface area contributed by atoms with Gasteiger partial charge in [0, 0.05) is 38.6 Å². The Morgan fingerprint density at radius 1 is 1.21 bits per heavy atom. The highest BCUT2D eigenvalue weighted by Crippen LogP contribution is 2.23. The molecule has 0 radical (unpaired) electrons. The summed E-state index contributed by atoms with van der Waals surface area (Å²) >= 11 is 0. The van der Waals surface area contributed by atoms with Crippen LogP contribution >= 0.6 is 0 Å². The normalized spacial score (nSPS) is 17.5. The Morgan fingerprint density at radius 2 is 2.06 bits per heavy atom. The highest BCUT2D eigenvalue weighted by atomic mass is 16.5. The molecule has 0 amide bonds. The quantitative estimate of drug-likeness (QED) is 0.435. The lowest BCUT2D eigenvalue weighted by Crippen LogP contribution is -2.47. The van der Waals surface area contributed by atoms with Gasteiger partial charge in [0.2, 0.25) is 0 Å². The molecule has 0 N–H and O–H groups in total. The summed E-state index contributed by atoms with van der Waals surface area (Å²) in [6, 6.07) is 9.89. The van der Waals surface area contributed by atoms with E-state index >= 15 is 0 Å². The van der Waals surface area contributed by atoms with Crippen molar-refractivity contribution in [1.29, 1.82) is 0 Å². The van der Waals surface area contributed by atoms with E-state index in [1.165, 1.54) is 0 Å². The molecule has 1 aromatic carbocycles. The Hall–Kier alpha value is -3.30. The van der Waals surface area contributed by atoms with Gasteiger partial charge in [0.25, 0.3) is 5.56 Å². The van der Waals surface area contributed by atoms with E-state index in [4.69, 9.17) is 14.5 Å². The number of fused-ring (bicyclic) bond motifs is 2. The van der Waals surface area contributed by atoms with Gasteiger partial charge in [-0.3, -0.25) is 9.36 Å². The molecule has 178 valence electrons. The Labute approximate surface area is 198 Å². The number of aromatic nitrogens is 5. The first kappa shape index (κ1) is 22.5. The van der Waals surface area contributed by atoms with E-state index in [0.29, 0.717) is 30.8 Å². The third kappa shape index (κ3) is 4.28. The zero-order valence-electron chi connectivity index (χ0n) is 20.1. The van der Waals surface area contributed by atoms with E-state index in [9.17, 15) is 4.79 Å². The van der Waals surface area contributed by atoms with Gasteiger partial charge in [0.05, 0.1) is 23.6 Å². The second-order valence-corrected chi connectivity index (χ2v) is 8.86. The van der Waals surface area contributed by atoms with Crippen LogP contribution in [0.4, 0.5) is 5.69 Å². The fraction of sp³-hybridized carbons (Fsp3) is 0.440. The minimum atomic E-state index is -0.0143. The molecule has 1 saturated heterocycles. The number of hydrogen-bond donors (Lipinski definition) is 0. The zero-order chi connectivity index (χ0) is 23.8. The number of methoxy groups -OCH3 is 1. The number of aryl methyl sites for hydroxylation is 3. The summed E-state index contributed by atoms with van der Waals surface area (Å²) in [5, 5.41) is 5.01. The second kappa shape index (κ2) is 9.15. The third-order valence-corrected chi connectivity index (χ3v) is 6.61. The number of rotatable bonds is 6. The van der Waals surface area contributed by atoms with Gasteiger partial charge in [0.15, 0.2) is 5.65 Å². The van der Waals surface area contributed by atoms with Crippen molar-refractivity contribution in [3.63, 3.8) is 0 Å². The van der Waals surface area contributed by atoms with Crippen LogP contribution in [-0.4, -0.2) is 63.2 Å². The van der Waals surface area contributed by atoms with E-state index in [0.717, 1.165) is 41.3 Å². The van der Waals surface area contributed by atoms with Crippen LogP contribution < -0.4 is 10.5 Å². The highest BCUT2D eigenvalue weighted by Gasteiger charge is 2.26. The van der Waals surface area contributed by atoms with E-state index in [1.54, 1.807) is 16.2 Å². The standard InChI is InChI=1S/C25H30N6O3/c1-16(33-4)23-15-29(11-12-34-23)20-6-7-21-22(13-20)27-18(3)30(25(21)32)10-9-19-5-8-24-26-17(2)28-31(24)14-19/h5-8,13-14,16,23H,9-12,15H2,1-4H3/t16-,23-/m1/s1. The van der Waals surface area contributed by atoms with Crippen molar-refractivity contribution in [3.05, 3.63) is 64.1 Å². The third-order valence-electron chi connectivity index (χ3n) is 6.61. The monoisotopic (exact) mass is 462 g/mol. The van der Waals surface area contributed by atoms with Crippen LogP contribution in [-0.2, 0) is 22.4 Å². The number of anilines is 1. The van der Waals surface area contributed by atoms with Crippen molar-refractivity contribution in [2.75, 3.05) is 31.7 Å². The lowest BCUT2D eigenvalue weighted by Gasteiger charge is -2.36. The van der Waals surface area contributed by atoms with Gasteiger partial charge in [-0.2, -0.15) is 5.10 Å². The number of hydrogen-bond acceptors (Lipinski definition) is 7. The SMILES string of the molecule is CO[C@H](C)[C@H]1CN(c2ccc3c(=O)n(CCc4ccc5nc(C)nn5c4)c(C)nc3c2)CCO1. The van der Waals surface area contributed by atoms with Crippen molar-refractivity contribution >= 4 is 22.2 Å². The van der Waals surface area contributed by atoms with Crippen LogP contribution in [0.5, 0.6) is 0 Å². The van der Waals surface area contributed by atoms with E-state index < -0.39 is 0 Å². The summed E-state index contributed by atoms with van der Waals surface area (Å²) in [4.78, 5) is 24.7. The average molecular weight is 463 g/mol. The lowest BCUT2D eigenvalue weighted by molar-refractivity contribution is -0.0539. The van der Waals surface area contributed by atoms with Gasteiger partial charge in [-0.25, -0.2) is 14.5 Å². The predicted octanol–water partition coefficient (Wildman–Crippen LogP) is 2.54. The van der Waals surface area contributed by atoms with Gasteiger partial charge in [-0.1, -0.05) is 6.07 Å². The molecule has 0 saturated carbocycles. The minimum Gasteiger partial charge on any atom is -0.379 e. The number of benzene rings is 1. The second-order valence-electron chi connectivity index (χ2n) is 8.86. The largest absolute Gasteiger partial charge is 0.379 e. The highest BCUT2D eigenvalue weighted by molar-refractivity contribution is 5.81. The van der Waals surface area contributed by atoms with Crippen molar-refractivity contribution in [3.8, 4) is 0 Å². The van der Waals surface area contributed by atoms with Crippen molar-refractivity contribution < 1.29 is 9.47 Å². The molecule has 5 rings (SSSR count). The first-order valence-corrected chi connectivity index (χ1v) is 11.7. The summed E-state index contributed by atoms with van der Waals surface area (Å²) in [5.41, 5.74) is 3.66. The Kier molecular flexibility index (Phi) is 6.05. The van der Waals surface area contributed by atoms with Gasteiger partial charge in [-0.15, -0.1) is 0 Å². The van der Waals surface area contributed by atoms with Crippen LogP contribution in [0.15, 0.2) is 41.3 Å². The van der Waals surface area contributed by atoms with Gasteiger partial charge in [-0.05, 0) is 57.0 Å². The molecular formula is C25H30N6O3. The summed E-state index contributed by atoms with van der Waals surface area (Å²) in [7, 11) is 1.70. The smallest absolute Gasteiger partial charge is 0.261 e. The summed E-state index contributed by atoms with van der Waals surface area (Å²) < 4.78 is 14.9. The van der Waals surface area contributed by atoms with Crippen LogP contribution in [0, 0.1) is 13.8 Å². The van der Waals surface area contributed by atoms with Crippen molar-refractivity contribution in [2.24, 2.45) is 0 Å². The Bertz CT molecular complexity index is 1390. The summed E-state index contributed by atoms with van der Waals surface area (Å²) in [6.45, 7) is 8.52. The van der Waals surface area contributed by atoms with Crippen molar-refractivity contribution in [1.82, 2.24) is 24.1 Å². The molecular weight excluding hydrogens is 432 g/mol. The number of pyridine rings is 1. The number of ether oxygens (including phenoxy) is 2. The summed E-state index contributed by atoms with van der Waals surface area (Å²) in [5.74, 6) is 1.45. The van der Waals surface area contributed by atoms with Crippen LogP contribution in [0.1, 0.15) is 24.1 Å². The minimum absolute atomic E-state index is 0.0119. The molecule has 9 heteroatoms. The van der Waals surface area contributed by atoms with E-state index in [-0.39, 0.29) is 17.8 Å². The molecule has 4 heterocycles. The molecule has 0 spiro atoms. The predicted molar refractivity (Wildman–Crippen MR) is 131 cm³/mol. The summed E-state index contributed by atoms with van der Waals surface area (Å²) in [6.07, 6.45) is 2.70.